The second-order valence-electron chi connectivity index (χ2n) is 4.30. The van der Waals surface area contributed by atoms with Gasteiger partial charge < -0.3 is 16.4 Å². The maximum atomic E-state index is 11.5. The van der Waals surface area contributed by atoms with Crippen molar-refractivity contribution in [1.29, 1.82) is 5.26 Å². The average molecular weight is 261 g/mol. The summed E-state index contributed by atoms with van der Waals surface area (Å²) in [5.41, 5.74) is 6.11. The standard InChI is InChI=1S/C13H19N5O/c1-3-9(2)17-13(19)6-7-16-12-5-4-10(15)11(8-14)18-12/h4-5,9H,3,6-7,15H2,1-2H3,(H,16,18)(H,17,19). The van der Waals surface area contributed by atoms with Crippen LogP contribution in [0.5, 0.6) is 0 Å². The minimum Gasteiger partial charge on any atom is -0.396 e. The molecular weight excluding hydrogens is 242 g/mol. The van der Waals surface area contributed by atoms with E-state index < -0.39 is 0 Å². The fourth-order valence-corrected chi connectivity index (χ4v) is 1.41. The quantitative estimate of drug-likeness (QED) is 0.715. The van der Waals surface area contributed by atoms with Crippen LogP contribution in [0.2, 0.25) is 0 Å². The molecule has 0 aromatic carbocycles. The van der Waals surface area contributed by atoms with Gasteiger partial charge in [0, 0.05) is 19.0 Å². The molecule has 0 aliphatic heterocycles. The van der Waals surface area contributed by atoms with E-state index in [2.05, 4.69) is 15.6 Å². The minimum atomic E-state index is -0.00204. The van der Waals surface area contributed by atoms with Gasteiger partial charge in [-0.05, 0) is 25.5 Å². The number of nitrogens with two attached hydrogens (primary N) is 1. The second-order valence-corrected chi connectivity index (χ2v) is 4.30. The van der Waals surface area contributed by atoms with Crippen molar-refractivity contribution in [2.75, 3.05) is 17.6 Å². The van der Waals surface area contributed by atoms with Gasteiger partial charge in [0.05, 0.1) is 5.69 Å². The Morgan fingerprint density at radius 2 is 2.32 bits per heavy atom. The zero-order valence-corrected chi connectivity index (χ0v) is 11.2. The van der Waals surface area contributed by atoms with Crippen LogP contribution in [0.1, 0.15) is 32.4 Å². The number of carbonyl (C=O) groups is 1. The highest BCUT2D eigenvalue weighted by Crippen LogP contribution is 2.11. The molecule has 1 heterocycles. The normalized spacial score (nSPS) is 11.4. The Morgan fingerprint density at radius 3 is 2.95 bits per heavy atom. The number of aromatic nitrogens is 1. The highest BCUT2D eigenvalue weighted by molar-refractivity contribution is 5.76. The Morgan fingerprint density at radius 1 is 1.58 bits per heavy atom. The lowest BCUT2D eigenvalue weighted by atomic mass is 10.2. The van der Waals surface area contributed by atoms with Gasteiger partial charge in [-0.1, -0.05) is 6.92 Å². The van der Waals surface area contributed by atoms with Gasteiger partial charge in [-0.15, -0.1) is 0 Å². The number of nitrogen functional groups attached to an aromatic ring is 1. The summed E-state index contributed by atoms with van der Waals surface area (Å²) in [5.74, 6) is 0.542. The Bertz CT molecular complexity index is 480. The van der Waals surface area contributed by atoms with Crippen molar-refractivity contribution < 1.29 is 4.79 Å². The monoisotopic (exact) mass is 261 g/mol. The first kappa shape index (κ1) is 14.8. The third-order valence-corrected chi connectivity index (χ3v) is 2.71. The second kappa shape index (κ2) is 7.21. The highest BCUT2D eigenvalue weighted by atomic mass is 16.1. The van der Waals surface area contributed by atoms with Crippen LogP contribution in [0.3, 0.4) is 0 Å². The van der Waals surface area contributed by atoms with E-state index in [1.54, 1.807) is 12.1 Å². The lowest BCUT2D eigenvalue weighted by molar-refractivity contribution is -0.121. The van der Waals surface area contributed by atoms with E-state index in [0.717, 1.165) is 6.42 Å². The van der Waals surface area contributed by atoms with Crippen LogP contribution >= 0.6 is 0 Å². The number of carbonyl (C=O) groups excluding carboxylic acids is 1. The van der Waals surface area contributed by atoms with Crippen LogP contribution in [-0.2, 0) is 4.79 Å². The minimum absolute atomic E-state index is 0.00204. The van der Waals surface area contributed by atoms with Crippen molar-refractivity contribution in [3.05, 3.63) is 17.8 Å². The van der Waals surface area contributed by atoms with E-state index in [-0.39, 0.29) is 17.6 Å². The smallest absolute Gasteiger partial charge is 0.221 e. The van der Waals surface area contributed by atoms with E-state index in [9.17, 15) is 4.79 Å². The zero-order valence-electron chi connectivity index (χ0n) is 11.2. The Kier molecular flexibility index (Phi) is 5.61. The van der Waals surface area contributed by atoms with Gasteiger partial charge in [-0.25, -0.2) is 4.98 Å². The van der Waals surface area contributed by atoms with Crippen LogP contribution in [-0.4, -0.2) is 23.5 Å². The van der Waals surface area contributed by atoms with Crippen molar-refractivity contribution >= 4 is 17.4 Å². The van der Waals surface area contributed by atoms with E-state index in [1.165, 1.54) is 0 Å². The van der Waals surface area contributed by atoms with Gasteiger partial charge in [-0.3, -0.25) is 4.79 Å². The Balaban J connectivity index is 2.41. The number of nitrogens with zero attached hydrogens (tertiary/aromatic N) is 2. The van der Waals surface area contributed by atoms with Crippen LogP contribution in [0, 0.1) is 11.3 Å². The molecule has 0 fully saturated rings. The molecule has 1 aromatic heterocycles. The summed E-state index contributed by atoms with van der Waals surface area (Å²) < 4.78 is 0. The molecule has 0 aliphatic rings. The Labute approximate surface area is 113 Å². The summed E-state index contributed by atoms with van der Waals surface area (Å²) in [6.45, 7) is 4.45. The van der Waals surface area contributed by atoms with Gasteiger partial charge in [0.2, 0.25) is 5.91 Å². The first-order valence-corrected chi connectivity index (χ1v) is 6.26. The van der Waals surface area contributed by atoms with Gasteiger partial charge in [0.25, 0.3) is 0 Å². The number of hydrogen-bond acceptors (Lipinski definition) is 5. The molecule has 1 aromatic rings. The molecule has 1 amide bonds. The molecule has 4 N–H and O–H groups in total. The number of anilines is 2. The third kappa shape index (κ3) is 4.84. The van der Waals surface area contributed by atoms with Crippen molar-refractivity contribution in [3.63, 3.8) is 0 Å². The maximum Gasteiger partial charge on any atom is 0.221 e. The maximum absolute atomic E-state index is 11.5. The molecule has 1 unspecified atom stereocenters. The number of rotatable bonds is 6. The number of hydrogen-bond donors (Lipinski definition) is 3. The summed E-state index contributed by atoms with van der Waals surface area (Å²) in [5, 5.41) is 14.7. The first-order chi connectivity index (χ1) is 9.06. The highest BCUT2D eigenvalue weighted by Gasteiger charge is 2.06. The third-order valence-electron chi connectivity index (χ3n) is 2.71. The molecule has 1 rings (SSSR count). The van der Waals surface area contributed by atoms with Crippen molar-refractivity contribution in [3.8, 4) is 6.07 Å². The Hall–Kier alpha value is -2.29. The molecule has 1 atom stereocenters. The molecule has 102 valence electrons. The topological polar surface area (TPSA) is 104 Å². The fraction of sp³-hybridized carbons (Fsp3) is 0.462. The number of amides is 1. The number of nitrogens with one attached hydrogen (secondary N) is 2. The van der Waals surface area contributed by atoms with Gasteiger partial charge >= 0.3 is 0 Å². The van der Waals surface area contributed by atoms with Crippen LogP contribution in [0.4, 0.5) is 11.5 Å². The molecular formula is C13H19N5O. The molecule has 0 spiro atoms. The SMILES string of the molecule is CCC(C)NC(=O)CCNc1ccc(N)c(C#N)n1. The van der Waals surface area contributed by atoms with Gasteiger partial charge in [-0.2, -0.15) is 5.26 Å². The van der Waals surface area contributed by atoms with Crippen LogP contribution in [0.25, 0.3) is 0 Å². The molecule has 19 heavy (non-hydrogen) atoms. The van der Waals surface area contributed by atoms with Crippen molar-refractivity contribution in [1.82, 2.24) is 10.3 Å². The summed E-state index contributed by atoms with van der Waals surface area (Å²) in [6, 6.07) is 5.40. The van der Waals surface area contributed by atoms with Gasteiger partial charge in [0.15, 0.2) is 5.69 Å². The predicted molar refractivity (Wildman–Crippen MR) is 74.4 cm³/mol. The summed E-state index contributed by atoms with van der Waals surface area (Å²) >= 11 is 0. The fourth-order valence-electron chi connectivity index (χ4n) is 1.41. The molecule has 0 saturated heterocycles. The van der Waals surface area contributed by atoms with Gasteiger partial charge in [0.1, 0.15) is 11.9 Å². The van der Waals surface area contributed by atoms with Crippen LogP contribution < -0.4 is 16.4 Å². The predicted octanol–water partition coefficient (Wildman–Crippen LogP) is 1.25. The number of pyridine rings is 1. The van der Waals surface area contributed by atoms with E-state index in [1.807, 2.05) is 19.9 Å². The largest absolute Gasteiger partial charge is 0.396 e. The molecule has 0 radical (unpaired) electrons. The lowest BCUT2D eigenvalue weighted by Crippen LogP contribution is -2.33. The van der Waals surface area contributed by atoms with E-state index in [0.29, 0.717) is 24.5 Å². The number of nitriles is 1. The molecule has 6 nitrogen and oxygen atoms in total. The molecule has 0 aliphatic carbocycles. The lowest BCUT2D eigenvalue weighted by Gasteiger charge is -2.11. The van der Waals surface area contributed by atoms with E-state index in [4.69, 9.17) is 11.0 Å². The average Bonchev–Trinajstić information content (AvgIpc) is 2.40. The zero-order chi connectivity index (χ0) is 14.3. The summed E-state index contributed by atoms with van der Waals surface area (Å²) in [4.78, 5) is 15.6. The molecule has 0 bridgehead atoms. The van der Waals surface area contributed by atoms with Crippen molar-refractivity contribution in [2.24, 2.45) is 0 Å². The summed E-state index contributed by atoms with van der Waals surface area (Å²) in [7, 11) is 0. The summed E-state index contributed by atoms with van der Waals surface area (Å²) in [6.07, 6.45) is 1.27. The molecule has 6 heteroatoms. The van der Waals surface area contributed by atoms with Crippen LogP contribution in [0.15, 0.2) is 12.1 Å². The van der Waals surface area contributed by atoms with Crippen molar-refractivity contribution in [2.45, 2.75) is 32.7 Å². The first-order valence-electron chi connectivity index (χ1n) is 6.26. The molecule has 0 saturated carbocycles. The van der Waals surface area contributed by atoms with E-state index >= 15 is 0 Å².